The van der Waals surface area contributed by atoms with Gasteiger partial charge in [-0.1, -0.05) is 0 Å². The average molecular weight is 319 g/mol. The lowest BCUT2D eigenvalue weighted by molar-refractivity contribution is 0.0954. The smallest absolute Gasteiger partial charge is 0.252 e. The number of aromatic nitrogens is 2. The Labute approximate surface area is 134 Å². The van der Waals surface area contributed by atoms with Crippen LogP contribution in [0.4, 0.5) is 0 Å². The van der Waals surface area contributed by atoms with Gasteiger partial charge in [-0.05, 0) is 45.7 Å². The van der Waals surface area contributed by atoms with Gasteiger partial charge >= 0.3 is 0 Å². The van der Waals surface area contributed by atoms with Gasteiger partial charge in [-0.25, -0.2) is 0 Å². The minimum atomic E-state index is -0.137. The summed E-state index contributed by atoms with van der Waals surface area (Å²) < 4.78 is 1.98. The SMILES string of the molecule is CCn1nc(C)c(CCNC(=O)c2csc(C(C)=O)c2)c1C. The number of rotatable bonds is 6. The van der Waals surface area contributed by atoms with Gasteiger partial charge in [0.05, 0.1) is 16.1 Å². The number of nitrogens with zero attached hydrogens (tertiary/aromatic N) is 2. The van der Waals surface area contributed by atoms with Gasteiger partial charge in [0, 0.05) is 24.2 Å². The summed E-state index contributed by atoms with van der Waals surface area (Å²) in [5, 5.41) is 9.10. The lowest BCUT2D eigenvalue weighted by Crippen LogP contribution is -2.25. The number of thiophene rings is 1. The van der Waals surface area contributed by atoms with Crippen LogP contribution in [0.3, 0.4) is 0 Å². The van der Waals surface area contributed by atoms with Crippen molar-refractivity contribution in [3.05, 3.63) is 38.8 Å². The number of carbonyl (C=O) groups excluding carboxylic acids is 2. The molecule has 0 bridgehead atoms. The summed E-state index contributed by atoms with van der Waals surface area (Å²) in [4.78, 5) is 23.9. The third-order valence-electron chi connectivity index (χ3n) is 3.70. The molecule has 0 spiro atoms. The fourth-order valence-electron chi connectivity index (χ4n) is 2.45. The van der Waals surface area contributed by atoms with E-state index in [0.717, 1.165) is 24.4 Å². The predicted octanol–water partition coefficient (Wildman–Crippen LogP) is 2.76. The van der Waals surface area contributed by atoms with Crippen molar-refractivity contribution >= 4 is 23.0 Å². The number of ketones is 1. The zero-order chi connectivity index (χ0) is 16.3. The molecule has 1 amide bonds. The molecule has 0 atom stereocenters. The Hall–Kier alpha value is -1.95. The Bertz CT molecular complexity index is 700. The van der Waals surface area contributed by atoms with Gasteiger partial charge in [-0.3, -0.25) is 14.3 Å². The normalized spacial score (nSPS) is 10.7. The van der Waals surface area contributed by atoms with E-state index >= 15 is 0 Å². The Kier molecular flexibility index (Phi) is 5.13. The van der Waals surface area contributed by atoms with Crippen molar-refractivity contribution in [1.82, 2.24) is 15.1 Å². The maximum absolute atomic E-state index is 12.1. The summed E-state index contributed by atoms with van der Waals surface area (Å²) in [5.74, 6) is -0.149. The van der Waals surface area contributed by atoms with Crippen LogP contribution in [-0.4, -0.2) is 28.0 Å². The molecule has 0 saturated carbocycles. The van der Waals surface area contributed by atoms with Crippen LogP contribution >= 0.6 is 11.3 Å². The number of hydrogen-bond donors (Lipinski definition) is 1. The Morgan fingerprint density at radius 1 is 1.36 bits per heavy atom. The van der Waals surface area contributed by atoms with Crippen LogP contribution in [0, 0.1) is 13.8 Å². The summed E-state index contributed by atoms with van der Waals surface area (Å²) in [6.45, 7) is 9.02. The molecule has 118 valence electrons. The molecule has 6 heteroatoms. The van der Waals surface area contributed by atoms with E-state index in [1.165, 1.54) is 23.8 Å². The molecule has 2 rings (SSSR count). The van der Waals surface area contributed by atoms with Gasteiger partial charge in [0.1, 0.15) is 0 Å². The first kappa shape index (κ1) is 16.4. The Morgan fingerprint density at radius 3 is 2.64 bits per heavy atom. The molecule has 0 aliphatic carbocycles. The number of hydrogen-bond acceptors (Lipinski definition) is 4. The van der Waals surface area contributed by atoms with Crippen molar-refractivity contribution < 1.29 is 9.59 Å². The van der Waals surface area contributed by atoms with Crippen LogP contribution in [0.15, 0.2) is 11.4 Å². The third-order valence-corrected chi connectivity index (χ3v) is 4.73. The molecule has 0 radical (unpaired) electrons. The lowest BCUT2D eigenvalue weighted by atomic mass is 10.1. The largest absolute Gasteiger partial charge is 0.352 e. The molecule has 2 aromatic rings. The Balaban J connectivity index is 1.94. The molecule has 0 aliphatic rings. The number of carbonyl (C=O) groups is 2. The quantitative estimate of drug-likeness (QED) is 0.833. The minimum absolute atomic E-state index is 0.0118. The fourth-order valence-corrected chi connectivity index (χ4v) is 3.24. The molecule has 0 unspecified atom stereocenters. The molecule has 2 aromatic heterocycles. The van der Waals surface area contributed by atoms with Gasteiger partial charge in [-0.2, -0.15) is 5.10 Å². The van der Waals surface area contributed by atoms with E-state index in [4.69, 9.17) is 0 Å². The first-order valence-corrected chi connectivity index (χ1v) is 8.22. The zero-order valence-corrected chi connectivity index (χ0v) is 14.2. The van der Waals surface area contributed by atoms with Crippen LogP contribution < -0.4 is 5.32 Å². The predicted molar refractivity (Wildman–Crippen MR) is 87.7 cm³/mol. The van der Waals surface area contributed by atoms with E-state index in [2.05, 4.69) is 24.3 Å². The molecule has 2 heterocycles. The third kappa shape index (κ3) is 3.44. The van der Waals surface area contributed by atoms with E-state index in [0.29, 0.717) is 17.0 Å². The van der Waals surface area contributed by atoms with Crippen molar-refractivity contribution in [1.29, 1.82) is 0 Å². The first-order chi connectivity index (χ1) is 10.4. The molecular weight excluding hydrogens is 298 g/mol. The van der Waals surface area contributed by atoms with Crippen molar-refractivity contribution in [3.63, 3.8) is 0 Å². The first-order valence-electron chi connectivity index (χ1n) is 7.34. The number of aryl methyl sites for hydroxylation is 2. The van der Waals surface area contributed by atoms with Crippen LogP contribution in [-0.2, 0) is 13.0 Å². The topological polar surface area (TPSA) is 64.0 Å². The molecule has 1 N–H and O–H groups in total. The van der Waals surface area contributed by atoms with Crippen LogP contribution in [0.5, 0.6) is 0 Å². The monoisotopic (exact) mass is 319 g/mol. The number of nitrogens with one attached hydrogen (secondary N) is 1. The second-order valence-corrected chi connectivity index (χ2v) is 6.14. The summed E-state index contributed by atoms with van der Waals surface area (Å²) >= 11 is 1.30. The summed E-state index contributed by atoms with van der Waals surface area (Å²) in [5.41, 5.74) is 3.91. The Morgan fingerprint density at radius 2 is 2.09 bits per heavy atom. The second-order valence-electron chi connectivity index (χ2n) is 5.23. The highest BCUT2D eigenvalue weighted by Crippen LogP contribution is 2.16. The van der Waals surface area contributed by atoms with Gasteiger partial charge in [0.25, 0.3) is 5.91 Å². The van der Waals surface area contributed by atoms with E-state index in [1.54, 1.807) is 11.4 Å². The molecule has 0 saturated heterocycles. The van der Waals surface area contributed by atoms with Crippen LogP contribution in [0.1, 0.15) is 50.8 Å². The number of Topliss-reactive ketones (excluding diaryl/α,β-unsaturated/α-hetero) is 1. The molecule has 0 aromatic carbocycles. The highest BCUT2D eigenvalue weighted by Gasteiger charge is 2.13. The van der Waals surface area contributed by atoms with Crippen molar-refractivity contribution in [2.45, 2.75) is 40.7 Å². The second kappa shape index (κ2) is 6.87. The minimum Gasteiger partial charge on any atom is -0.352 e. The zero-order valence-electron chi connectivity index (χ0n) is 13.4. The van der Waals surface area contributed by atoms with Crippen LogP contribution in [0.2, 0.25) is 0 Å². The maximum atomic E-state index is 12.1. The summed E-state index contributed by atoms with van der Waals surface area (Å²) in [7, 11) is 0. The molecule has 5 nitrogen and oxygen atoms in total. The standard InChI is InChI=1S/C16H21N3O2S/c1-5-19-11(3)14(10(2)18-19)6-7-17-16(21)13-8-15(12(4)20)22-9-13/h8-9H,5-7H2,1-4H3,(H,17,21). The van der Waals surface area contributed by atoms with E-state index < -0.39 is 0 Å². The van der Waals surface area contributed by atoms with Gasteiger partial charge in [-0.15, -0.1) is 11.3 Å². The maximum Gasteiger partial charge on any atom is 0.252 e. The van der Waals surface area contributed by atoms with Gasteiger partial charge < -0.3 is 5.32 Å². The van der Waals surface area contributed by atoms with Crippen LogP contribution in [0.25, 0.3) is 0 Å². The van der Waals surface area contributed by atoms with Gasteiger partial charge in [0.2, 0.25) is 0 Å². The van der Waals surface area contributed by atoms with E-state index in [-0.39, 0.29) is 11.7 Å². The molecule has 0 aliphatic heterocycles. The van der Waals surface area contributed by atoms with E-state index in [1.807, 2.05) is 11.6 Å². The van der Waals surface area contributed by atoms with Crippen molar-refractivity contribution in [2.24, 2.45) is 0 Å². The number of amides is 1. The van der Waals surface area contributed by atoms with E-state index in [9.17, 15) is 9.59 Å². The fraction of sp³-hybridized carbons (Fsp3) is 0.438. The lowest BCUT2D eigenvalue weighted by Gasteiger charge is -2.05. The van der Waals surface area contributed by atoms with Gasteiger partial charge in [0.15, 0.2) is 5.78 Å². The highest BCUT2D eigenvalue weighted by atomic mass is 32.1. The highest BCUT2D eigenvalue weighted by molar-refractivity contribution is 7.12. The molecule has 0 fully saturated rings. The summed E-state index contributed by atoms with van der Waals surface area (Å²) in [6, 6.07) is 1.65. The van der Waals surface area contributed by atoms with Crippen molar-refractivity contribution in [2.75, 3.05) is 6.54 Å². The average Bonchev–Trinajstić information content (AvgIpc) is 3.06. The molecule has 22 heavy (non-hydrogen) atoms. The summed E-state index contributed by atoms with van der Waals surface area (Å²) in [6.07, 6.45) is 0.757. The van der Waals surface area contributed by atoms with Crippen molar-refractivity contribution in [3.8, 4) is 0 Å². The molecular formula is C16H21N3O2S.